The molecule has 0 aliphatic heterocycles. The summed E-state index contributed by atoms with van der Waals surface area (Å²) in [4.78, 5) is 11.1. The van der Waals surface area contributed by atoms with Crippen LogP contribution in [0.15, 0.2) is 23.1 Å². The van der Waals surface area contributed by atoms with Gasteiger partial charge in [-0.2, -0.15) is 8.78 Å². The van der Waals surface area contributed by atoms with E-state index in [1.165, 1.54) is 0 Å². The first-order chi connectivity index (χ1) is 9.45. The summed E-state index contributed by atoms with van der Waals surface area (Å²) in [7, 11) is -4.14. The van der Waals surface area contributed by atoms with Crippen molar-refractivity contribution in [2.45, 2.75) is 17.2 Å². The molecule has 1 rings (SSSR count). The van der Waals surface area contributed by atoms with Gasteiger partial charge in [-0.3, -0.25) is 4.79 Å². The molecule has 0 heterocycles. The minimum absolute atomic E-state index is 0.250. The van der Waals surface area contributed by atoms with Crippen LogP contribution in [0.1, 0.15) is 10.4 Å². The number of nitrogens with two attached hydrogens (primary N) is 1. The quantitative estimate of drug-likeness (QED) is 0.792. The molecule has 0 unspecified atom stereocenters. The maximum absolute atomic E-state index is 12.7. The lowest BCUT2D eigenvalue weighted by Crippen LogP contribution is -2.41. The Kier molecular flexibility index (Phi) is 5.18. The second-order valence-electron chi connectivity index (χ2n) is 3.93. The first-order valence-electron chi connectivity index (χ1n) is 5.21. The predicted molar refractivity (Wildman–Crippen MR) is 66.1 cm³/mol. The van der Waals surface area contributed by atoms with E-state index >= 15 is 0 Å². The Bertz CT molecular complexity index is 652. The van der Waals surface area contributed by atoms with Crippen molar-refractivity contribution in [3.8, 4) is 0 Å². The van der Waals surface area contributed by atoms with Crippen LogP contribution >= 0.6 is 11.6 Å². The summed E-state index contributed by atoms with van der Waals surface area (Å²) in [5, 5.41) is 6.14. The van der Waals surface area contributed by atoms with E-state index in [0.717, 1.165) is 18.2 Å². The van der Waals surface area contributed by atoms with E-state index < -0.39 is 45.3 Å². The zero-order chi connectivity index (χ0) is 16.4. The Labute approximate surface area is 122 Å². The zero-order valence-electron chi connectivity index (χ0n) is 10.1. The lowest BCUT2D eigenvalue weighted by atomic mass is 10.2. The summed E-state index contributed by atoms with van der Waals surface area (Å²) in [6.45, 7) is -1.63. The number of alkyl halides is 4. The molecular formula is C10H9ClF4N2O3S. The molecule has 1 amide bonds. The Morgan fingerprint density at radius 2 is 1.95 bits per heavy atom. The first kappa shape index (κ1) is 17.7. The molecule has 0 radical (unpaired) electrons. The van der Waals surface area contributed by atoms with Crippen molar-refractivity contribution in [3.63, 3.8) is 0 Å². The van der Waals surface area contributed by atoms with Gasteiger partial charge < -0.3 is 5.32 Å². The molecule has 11 heteroatoms. The standard InChI is InChI=1S/C10H9ClF4N2O3S/c11-7-2-1-5(21(16,19)20)3-6(7)8(18)17-4-10(14,15)9(12)13/h1-3,9H,4H2,(H,17,18)(H2,16,19,20). The minimum atomic E-state index is -4.42. The molecule has 1 aromatic rings. The Morgan fingerprint density at radius 1 is 1.38 bits per heavy atom. The van der Waals surface area contributed by atoms with Gasteiger partial charge in [0.2, 0.25) is 10.0 Å². The van der Waals surface area contributed by atoms with Gasteiger partial charge in [-0.05, 0) is 18.2 Å². The van der Waals surface area contributed by atoms with Crippen LogP contribution in [-0.4, -0.2) is 33.2 Å². The second-order valence-corrected chi connectivity index (χ2v) is 5.90. The van der Waals surface area contributed by atoms with Crippen LogP contribution in [0.5, 0.6) is 0 Å². The summed E-state index contributed by atoms with van der Waals surface area (Å²) in [5.74, 6) is -5.65. The third-order valence-electron chi connectivity index (χ3n) is 2.31. The topological polar surface area (TPSA) is 89.3 Å². The molecule has 5 nitrogen and oxygen atoms in total. The third-order valence-corrected chi connectivity index (χ3v) is 3.56. The summed E-state index contributed by atoms with van der Waals surface area (Å²) in [5.41, 5.74) is -0.478. The molecule has 0 aliphatic carbocycles. The Hall–Kier alpha value is -1.39. The molecule has 0 atom stereocenters. The van der Waals surface area contributed by atoms with Crippen molar-refractivity contribution in [2.24, 2.45) is 5.14 Å². The fourth-order valence-corrected chi connectivity index (χ4v) is 1.97. The van der Waals surface area contributed by atoms with Gasteiger partial charge in [0.1, 0.15) is 0 Å². The van der Waals surface area contributed by atoms with Gasteiger partial charge in [0.05, 0.1) is 22.0 Å². The van der Waals surface area contributed by atoms with E-state index in [1.54, 1.807) is 5.32 Å². The Balaban J connectivity index is 2.98. The Morgan fingerprint density at radius 3 is 2.43 bits per heavy atom. The van der Waals surface area contributed by atoms with E-state index in [-0.39, 0.29) is 5.02 Å². The van der Waals surface area contributed by atoms with E-state index in [0.29, 0.717) is 0 Å². The van der Waals surface area contributed by atoms with E-state index in [9.17, 15) is 30.8 Å². The number of rotatable bonds is 5. The fourth-order valence-electron chi connectivity index (χ4n) is 1.23. The molecule has 0 spiro atoms. The lowest BCUT2D eigenvalue weighted by molar-refractivity contribution is -0.123. The molecule has 0 saturated carbocycles. The van der Waals surface area contributed by atoms with Gasteiger partial charge >= 0.3 is 12.3 Å². The third kappa shape index (κ3) is 4.55. The van der Waals surface area contributed by atoms with Crippen molar-refractivity contribution in [3.05, 3.63) is 28.8 Å². The number of hydrogen-bond acceptors (Lipinski definition) is 3. The van der Waals surface area contributed by atoms with Crippen molar-refractivity contribution in [1.29, 1.82) is 0 Å². The normalized spacial score (nSPS) is 12.5. The molecule has 3 N–H and O–H groups in total. The number of nitrogens with one attached hydrogen (secondary N) is 1. The van der Waals surface area contributed by atoms with E-state index in [4.69, 9.17) is 16.7 Å². The molecular weight excluding hydrogens is 340 g/mol. The minimum Gasteiger partial charge on any atom is -0.346 e. The number of hydrogen-bond donors (Lipinski definition) is 2. The van der Waals surface area contributed by atoms with Crippen LogP contribution in [0, 0.1) is 0 Å². The molecule has 118 valence electrons. The number of carbonyl (C=O) groups is 1. The van der Waals surface area contributed by atoms with Crippen LogP contribution in [-0.2, 0) is 10.0 Å². The number of primary sulfonamides is 1. The number of benzene rings is 1. The average molecular weight is 349 g/mol. The zero-order valence-corrected chi connectivity index (χ0v) is 11.7. The first-order valence-corrected chi connectivity index (χ1v) is 7.14. The number of amides is 1. The maximum Gasteiger partial charge on any atom is 0.324 e. The van der Waals surface area contributed by atoms with Crippen molar-refractivity contribution < 1.29 is 30.8 Å². The molecule has 1 aromatic carbocycles. The van der Waals surface area contributed by atoms with Gasteiger partial charge in [0, 0.05) is 0 Å². The van der Waals surface area contributed by atoms with E-state index in [1.807, 2.05) is 0 Å². The number of carbonyl (C=O) groups excluding carboxylic acids is 1. The highest BCUT2D eigenvalue weighted by atomic mass is 35.5. The largest absolute Gasteiger partial charge is 0.346 e. The molecule has 0 aliphatic rings. The highest BCUT2D eigenvalue weighted by molar-refractivity contribution is 7.89. The van der Waals surface area contributed by atoms with Crippen LogP contribution in [0.25, 0.3) is 0 Å². The van der Waals surface area contributed by atoms with Crippen molar-refractivity contribution in [1.82, 2.24) is 5.32 Å². The molecule has 0 aromatic heterocycles. The highest BCUT2D eigenvalue weighted by Gasteiger charge is 2.41. The van der Waals surface area contributed by atoms with E-state index in [2.05, 4.69) is 0 Å². The van der Waals surface area contributed by atoms with Crippen LogP contribution in [0.3, 0.4) is 0 Å². The SMILES string of the molecule is NS(=O)(=O)c1ccc(Cl)c(C(=O)NCC(F)(F)C(F)F)c1. The monoisotopic (exact) mass is 348 g/mol. The van der Waals surface area contributed by atoms with Crippen LogP contribution < -0.4 is 10.5 Å². The second kappa shape index (κ2) is 6.16. The maximum atomic E-state index is 12.7. The smallest absolute Gasteiger partial charge is 0.324 e. The lowest BCUT2D eigenvalue weighted by Gasteiger charge is -2.16. The molecule has 21 heavy (non-hydrogen) atoms. The number of halogens is 5. The van der Waals surface area contributed by atoms with Crippen molar-refractivity contribution >= 4 is 27.5 Å². The highest BCUT2D eigenvalue weighted by Crippen LogP contribution is 2.23. The van der Waals surface area contributed by atoms with Crippen LogP contribution in [0.4, 0.5) is 17.6 Å². The molecule has 0 saturated heterocycles. The van der Waals surface area contributed by atoms with Gasteiger partial charge in [0.25, 0.3) is 5.91 Å². The predicted octanol–water partition coefficient (Wildman–Crippen LogP) is 1.62. The summed E-state index contributed by atoms with van der Waals surface area (Å²) >= 11 is 5.62. The molecule has 0 bridgehead atoms. The number of sulfonamides is 1. The summed E-state index contributed by atoms with van der Waals surface area (Å²) in [6, 6.07) is 2.77. The summed E-state index contributed by atoms with van der Waals surface area (Å²) in [6.07, 6.45) is -3.95. The average Bonchev–Trinajstić information content (AvgIpc) is 2.35. The fraction of sp³-hybridized carbons (Fsp3) is 0.300. The summed E-state index contributed by atoms with van der Waals surface area (Å²) < 4.78 is 71.5. The van der Waals surface area contributed by atoms with Gasteiger partial charge in [-0.25, -0.2) is 22.3 Å². The van der Waals surface area contributed by atoms with Gasteiger partial charge in [0.15, 0.2) is 0 Å². The van der Waals surface area contributed by atoms with Crippen LogP contribution in [0.2, 0.25) is 5.02 Å². The molecule has 0 fully saturated rings. The van der Waals surface area contributed by atoms with Gasteiger partial charge in [-0.15, -0.1) is 0 Å². The van der Waals surface area contributed by atoms with Gasteiger partial charge in [-0.1, -0.05) is 11.6 Å². The van der Waals surface area contributed by atoms with Crippen molar-refractivity contribution in [2.75, 3.05) is 6.54 Å².